The smallest absolute Gasteiger partial charge is 0.152 e. The van der Waals surface area contributed by atoms with E-state index < -0.39 is 0 Å². The van der Waals surface area contributed by atoms with E-state index in [-0.39, 0.29) is 0 Å². The molecule has 0 radical (unpaired) electrons. The van der Waals surface area contributed by atoms with E-state index in [0.717, 1.165) is 43.7 Å². The summed E-state index contributed by atoms with van der Waals surface area (Å²) in [7, 11) is 1.93. The molecule has 1 saturated heterocycles. The third-order valence-corrected chi connectivity index (χ3v) is 4.38. The molecule has 0 unspecified atom stereocenters. The van der Waals surface area contributed by atoms with E-state index in [1.165, 1.54) is 4.90 Å². The van der Waals surface area contributed by atoms with Gasteiger partial charge in [-0.25, -0.2) is 4.98 Å². The zero-order valence-electron chi connectivity index (χ0n) is 11.6. The Bertz CT molecular complexity index is 431. The quantitative estimate of drug-likeness (QED) is 0.663. The number of carbonyl (C=O) groups excluding carboxylic acids is 1. The molecule has 1 N–H and O–H groups in total. The average Bonchev–Trinajstić information content (AvgIpc) is 2.48. The van der Waals surface area contributed by atoms with Crippen LogP contribution in [0.5, 0.6) is 0 Å². The van der Waals surface area contributed by atoms with Crippen molar-refractivity contribution in [1.29, 1.82) is 0 Å². The highest BCUT2D eigenvalue weighted by molar-refractivity contribution is 7.98. The Labute approximate surface area is 119 Å². The minimum Gasteiger partial charge on any atom is -0.385 e. The van der Waals surface area contributed by atoms with E-state index in [1.807, 2.05) is 13.2 Å². The highest BCUT2D eigenvalue weighted by Gasteiger charge is 2.21. The van der Waals surface area contributed by atoms with Crippen molar-refractivity contribution in [3.63, 3.8) is 0 Å². The third-order valence-electron chi connectivity index (χ3n) is 3.69. The molecule has 4 nitrogen and oxygen atoms in total. The SMILES string of the molecule is CNc1cc(SC)cnc1N1CCC(CC=O)CC1. The highest BCUT2D eigenvalue weighted by atomic mass is 32.2. The fraction of sp³-hybridized carbons (Fsp3) is 0.571. The van der Waals surface area contributed by atoms with Gasteiger partial charge in [-0.3, -0.25) is 0 Å². The predicted molar refractivity (Wildman–Crippen MR) is 81.2 cm³/mol. The van der Waals surface area contributed by atoms with Crippen LogP contribution in [-0.2, 0) is 4.79 Å². The second kappa shape index (κ2) is 6.80. The van der Waals surface area contributed by atoms with Crippen LogP contribution < -0.4 is 10.2 Å². The maximum atomic E-state index is 10.6. The Morgan fingerprint density at radius 2 is 2.26 bits per heavy atom. The van der Waals surface area contributed by atoms with Crippen molar-refractivity contribution >= 4 is 29.6 Å². The topological polar surface area (TPSA) is 45.2 Å². The van der Waals surface area contributed by atoms with Gasteiger partial charge in [0.15, 0.2) is 5.82 Å². The molecule has 2 rings (SSSR count). The zero-order chi connectivity index (χ0) is 13.7. The summed E-state index contributed by atoms with van der Waals surface area (Å²) in [5, 5.41) is 3.23. The zero-order valence-corrected chi connectivity index (χ0v) is 12.4. The number of piperidine rings is 1. The normalized spacial score (nSPS) is 16.4. The molecule has 5 heteroatoms. The molecule has 0 spiro atoms. The van der Waals surface area contributed by atoms with E-state index in [2.05, 4.69) is 27.5 Å². The molecule has 0 aliphatic carbocycles. The number of rotatable bonds is 5. The molecule has 1 fully saturated rings. The minimum atomic E-state index is 0.553. The molecule has 19 heavy (non-hydrogen) atoms. The Morgan fingerprint density at radius 1 is 1.53 bits per heavy atom. The van der Waals surface area contributed by atoms with Crippen LogP contribution >= 0.6 is 11.8 Å². The fourth-order valence-corrected chi connectivity index (χ4v) is 2.90. The Balaban J connectivity index is 2.08. The van der Waals surface area contributed by atoms with Crippen molar-refractivity contribution in [1.82, 2.24) is 4.98 Å². The molecular formula is C14H21N3OS. The lowest BCUT2D eigenvalue weighted by Gasteiger charge is -2.33. The molecule has 1 aliphatic rings. The van der Waals surface area contributed by atoms with E-state index in [9.17, 15) is 4.79 Å². The number of aromatic nitrogens is 1. The molecule has 0 amide bonds. The number of anilines is 2. The summed E-state index contributed by atoms with van der Waals surface area (Å²) < 4.78 is 0. The van der Waals surface area contributed by atoms with E-state index in [0.29, 0.717) is 12.3 Å². The van der Waals surface area contributed by atoms with Crippen LogP contribution in [0.2, 0.25) is 0 Å². The lowest BCUT2D eigenvalue weighted by molar-refractivity contribution is -0.108. The Morgan fingerprint density at radius 3 is 2.84 bits per heavy atom. The first-order chi connectivity index (χ1) is 9.28. The van der Waals surface area contributed by atoms with Crippen molar-refractivity contribution in [2.45, 2.75) is 24.2 Å². The summed E-state index contributed by atoms with van der Waals surface area (Å²) in [5.41, 5.74) is 1.08. The van der Waals surface area contributed by atoms with Gasteiger partial charge in [0.25, 0.3) is 0 Å². The summed E-state index contributed by atoms with van der Waals surface area (Å²) in [4.78, 5) is 18.6. The van der Waals surface area contributed by atoms with Gasteiger partial charge in [0, 0.05) is 37.7 Å². The number of carbonyl (C=O) groups is 1. The van der Waals surface area contributed by atoms with Gasteiger partial charge in [-0.15, -0.1) is 11.8 Å². The average molecular weight is 279 g/mol. The number of nitrogens with one attached hydrogen (secondary N) is 1. The second-order valence-corrected chi connectivity index (χ2v) is 5.71. The molecule has 0 aromatic carbocycles. The molecule has 1 aliphatic heterocycles. The van der Waals surface area contributed by atoms with Crippen molar-refractivity contribution in [3.8, 4) is 0 Å². The summed E-state index contributed by atoms with van der Waals surface area (Å²) in [5.74, 6) is 1.59. The third kappa shape index (κ3) is 3.41. The van der Waals surface area contributed by atoms with Crippen LogP contribution in [0.1, 0.15) is 19.3 Å². The van der Waals surface area contributed by atoms with Crippen LogP contribution in [0.3, 0.4) is 0 Å². The first-order valence-electron chi connectivity index (χ1n) is 6.68. The number of nitrogens with zero attached hydrogens (tertiary/aromatic N) is 2. The van der Waals surface area contributed by atoms with Gasteiger partial charge in [-0.2, -0.15) is 0 Å². The lowest BCUT2D eigenvalue weighted by atomic mass is 9.94. The first-order valence-corrected chi connectivity index (χ1v) is 7.91. The van der Waals surface area contributed by atoms with Gasteiger partial charge in [-0.1, -0.05) is 0 Å². The van der Waals surface area contributed by atoms with Gasteiger partial charge in [0.1, 0.15) is 6.29 Å². The largest absolute Gasteiger partial charge is 0.385 e. The summed E-state index contributed by atoms with van der Waals surface area (Å²) in [6.45, 7) is 1.97. The molecule has 104 valence electrons. The van der Waals surface area contributed by atoms with Gasteiger partial charge in [0.05, 0.1) is 5.69 Å². The minimum absolute atomic E-state index is 0.553. The van der Waals surface area contributed by atoms with Crippen LogP contribution in [-0.4, -0.2) is 37.7 Å². The van der Waals surface area contributed by atoms with Gasteiger partial charge in [-0.05, 0) is 31.1 Å². The molecule has 2 heterocycles. The molecule has 1 aromatic rings. The van der Waals surface area contributed by atoms with Crippen LogP contribution in [0.25, 0.3) is 0 Å². The standard InChI is InChI=1S/C14H21N3OS/c1-15-13-9-12(19-2)10-16-14(13)17-6-3-11(4-7-17)5-8-18/h8-11,15H,3-7H2,1-2H3. The highest BCUT2D eigenvalue weighted by Crippen LogP contribution is 2.30. The molecule has 1 aromatic heterocycles. The fourth-order valence-electron chi connectivity index (χ4n) is 2.50. The van der Waals surface area contributed by atoms with Crippen molar-refractivity contribution in [2.24, 2.45) is 5.92 Å². The monoisotopic (exact) mass is 279 g/mol. The Kier molecular flexibility index (Phi) is 5.07. The number of hydrogen-bond donors (Lipinski definition) is 1. The summed E-state index contributed by atoms with van der Waals surface area (Å²) in [6.07, 6.45) is 7.89. The van der Waals surface area contributed by atoms with Gasteiger partial charge in [0.2, 0.25) is 0 Å². The molecule has 0 saturated carbocycles. The summed E-state index contributed by atoms with van der Waals surface area (Å²) >= 11 is 1.70. The van der Waals surface area contributed by atoms with Crippen LogP contribution in [0.4, 0.5) is 11.5 Å². The summed E-state index contributed by atoms with van der Waals surface area (Å²) in [6, 6.07) is 2.14. The molecular weight excluding hydrogens is 258 g/mol. The van der Waals surface area contributed by atoms with E-state index in [4.69, 9.17) is 0 Å². The number of pyridine rings is 1. The van der Waals surface area contributed by atoms with Crippen molar-refractivity contribution in [2.75, 3.05) is 36.6 Å². The van der Waals surface area contributed by atoms with E-state index in [1.54, 1.807) is 11.8 Å². The second-order valence-electron chi connectivity index (χ2n) is 4.83. The number of hydrogen-bond acceptors (Lipinski definition) is 5. The number of thioether (sulfide) groups is 1. The van der Waals surface area contributed by atoms with E-state index >= 15 is 0 Å². The first kappa shape index (κ1) is 14.2. The van der Waals surface area contributed by atoms with Crippen molar-refractivity contribution < 1.29 is 4.79 Å². The Hall–Kier alpha value is -1.23. The maximum Gasteiger partial charge on any atom is 0.152 e. The van der Waals surface area contributed by atoms with Crippen molar-refractivity contribution in [3.05, 3.63) is 12.3 Å². The van der Waals surface area contributed by atoms with Gasteiger partial charge < -0.3 is 15.0 Å². The molecule has 0 atom stereocenters. The van der Waals surface area contributed by atoms with Crippen LogP contribution in [0, 0.1) is 5.92 Å². The molecule has 0 bridgehead atoms. The number of aldehydes is 1. The van der Waals surface area contributed by atoms with Gasteiger partial charge >= 0.3 is 0 Å². The van der Waals surface area contributed by atoms with Crippen LogP contribution in [0.15, 0.2) is 17.2 Å². The predicted octanol–water partition coefficient (Wildman–Crippen LogP) is 2.65. The maximum absolute atomic E-state index is 10.6. The lowest BCUT2D eigenvalue weighted by Crippen LogP contribution is -2.34.